The first-order valence-corrected chi connectivity index (χ1v) is 8.82. The third kappa shape index (κ3) is 3.12. The minimum absolute atomic E-state index is 0.0300. The van der Waals surface area contributed by atoms with Crippen molar-refractivity contribution in [2.45, 2.75) is 63.5 Å². The molecular weight excluding hydrogens is 288 g/mol. The van der Waals surface area contributed by atoms with E-state index >= 15 is 0 Å². The van der Waals surface area contributed by atoms with Gasteiger partial charge in [0.1, 0.15) is 0 Å². The summed E-state index contributed by atoms with van der Waals surface area (Å²) in [5.41, 5.74) is 3.14. The molecule has 1 aromatic carbocycles. The highest BCUT2D eigenvalue weighted by Crippen LogP contribution is 2.42. The summed E-state index contributed by atoms with van der Waals surface area (Å²) < 4.78 is 0. The Hall–Kier alpha value is -1.84. The van der Waals surface area contributed by atoms with Crippen LogP contribution < -0.4 is 10.6 Å². The Morgan fingerprint density at radius 1 is 1.17 bits per heavy atom. The second kappa shape index (κ2) is 5.66. The summed E-state index contributed by atoms with van der Waals surface area (Å²) in [7, 11) is 0. The number of benzene rings is 1. The summed E-state index contributed by atoms with van der Waals surface area (Å²) in [6, 6.07) is 6.41. The van der Waals surface area contributed by atoms with Crippen molar-refractivity contribution in [2.75, 3.05) is 0 Å². The molecule has 1 aromatic rings. The first-order valence-electron chi connectivity index (χ1n) is 8.82. The number of hydrogen-bond donors (Lipinski definition) is 2. The SMILES string of the molecule is Cc1ccc(C2CC2)c(C(=O)N[C@@H]2CCC(=O)N[C@H]2C2CC2)c1. The molecule has 3 fully saturated rings. The van der Waals surface area contributed by atoms with Crippen LogP contribution in [0, 0.1) is 12.8 Å². The molecule has 0 bridgehead atoms. The van der Waals surface area contributed by atoms with Gasteiger partial charge in [0.05, 0.1) is 12.1 Å². The van der Waals surface area contributed by atoms with Gasteiger partial charge < -0.3 is 10.6 Å². The van der Waals surface area contributed by atoms with Crippen LogP contribution in [0.15, 0.2) is 18.2 Å². The van der Waals surface area contributed by atoms with Gasteiger partial charge in [0, 0.05) is 12.0 Å². The standard InChI is InChI=1S/C19H24N2O2/c1-11-2-7-14(12-3-4-12)15(10-11)19(23)20-16-8-9-17(22)21-18(16)13-5-6-13/h2,7,10,12-13,16,18H,3-6,8-9H2,1H3,(H,20,23)(H,21,22)/t16-,18+/m1/s1. The summed E-state index contributed by atoms with van der Waals surface area (Å²) in [4.78, 5) is 24.5. The van der Waals surface area contributed by atoms with Crippen molar-refractivity contribution in [3.05, 3.63) is 34.9 Å². The van der Waals surface area contributed by atoms with E-state index in [0.29, 0.717) is 18.3 Å². The van der Waals surface area contributed by atoms with Crippen molar-refractivity contribution >= 4 is 11.8 Å². The normalized spacial score (nSPS) is 27.4. The number of hydrogen-bond acceptors (Lipinski definition) is 2. The van der Waals surface area contributed by atoms with Crippen LogP contribution >= 0.6 is 0 Å². The Balaban J connectivity index is 1.53. The smallest absolute Gasteiger partial charge is 0.251 e. The molecule has 1 heterocycles. The maximum atomic E-state index is 12.9. The van der Waals surface area contributed by atoms with Crippen LogP contribution in [-0.4, -0.2) is 23.9 Å². The minimum atomic E-state index is 0.0300. The molecule has 4 rings (SSSR count). The molecule has 0 aromatic heterocycles. The summed E-state index contributed by atoms with van der Waals surface area (Å²) in [5, 5.41) is 6.32. The van der Waals surface area contributed by atoms with Crippen LogP contribution in [0.4, 0.5) is 0 Å². The fraction of sp³-hybridized carbons (Fsp3) is 0.579. The number of piperidine rings is 1. The molecule has 2 N–H and O–H groups in total. The average molecular weight is 312 g/mol. The largest absolute Gasteiger partial charge is 0.351 e. The lowest BCUT2D eigenvalue weighted by Gasteiger charge is -2.33. The molecule has 4 heteroatoms. The van der Waals surface area contributed by atoms with Gasteiger partial charge >= 0.3 is 0 Å². The molecule has 2 atom stereocenters. The van der Waals surface area contributed by atoms with Crippen molar-refractivity contribution in [3.8, 4) is 0 Å². The maximum absolute atomic E-state index is 12.9. The van der Waals surface area contributed by atoms with Gasteiger partial charge in [0.25, 0.3) is 5.91 Å². The second-order valence-electron chi connectivity index (χ2n) is 7.41. The maximum Gasteiger partial charge on any atom is 0.251 e. The van der Waals surface area contributed by atoms with E-state index in [1.165, 1.54) is 18.4 Å². The van der Waals surface area contributed by atoms with E-state index in [9.17, 15) is 9.59 Å². The molecule has 2 amide bonds. The van der Waals surface area contributed by atoms with Gasteiger partial charge in [0.15, 0.2) is 0 Å². The summed E-state index contributed by atoms with van der Waals surface area (Å²) in [6.45, 7) is 2.03. The zero-order valence-corrected chi connectivity index (χ0v) is 13.6. The van der Waals surface area contributed by atoms with Crippen molar-refractivity contribution in [1.82, 2.24) is 10.6 Å². The molecular formula is C19H24N2O2. The Morgan fingerprint density at radius 2 is 1.96 bits per heavy atom. The highest BCUT2D eigenvalue weighted by Gasteiger charge is 2.41. The van der Waals surface area contributed by atoms with Gasteiger partial charge in [0.2, 0.25) is 5.91 Å². The van der Waals surface area contributed by atoms with Crippen LogP contribution in [-0.2, 0) is 4.79 Å². The fourth-order valence-corrected chi connectivity index (χ4v) is 3.75. The van der Waals surface area contributed by atoms with Crippen LogP contribution in [0.5, 0.6) is 0 Å². The number of amides is 2. The van der Waals surface area contributed by atoms with Crippen LogP contribution in [0.2, 0.25) is 0 Å². The Morgan fingerprint density at radius 3 is 2.65 bits per heavy atom. The van der Waals surface area contributed by atoms with Gasteiger partial charge in [-0.3, -0.25) is 9.59 Å². The molecule has 1 saturated heterocycles. The van der Waals surface area contributed by atoms with Crippen molar-refractivity contribution in [3.63, 3.8) is 0 Å². The summed E-state index contributed by atoms with van der Waals surface area (Å²) in [5.74, 6) is 1.26. The lowest BCUT2D eigenvalue weighted by molar-refractivity contribution is -0.124. The van der Waals surface area contributed by atoms with Crippen molar-refractivity contribution < 1.29 is 9.59 Å². The number of carbonyl (C=O) groups excluding carboxylic acids is 2. The Labute approximate surface area is 137 Å². The molecule has 1 aliphatic heterocycles. The lowest BCUT2D eigenvalue weighted by Crippen LogP contribution is -2.56. The molecule has 3 aliphatic rings. The third-order valence-corrected chi connectivity index (χ3v) is 5.36. The van der Waals surface area contributed by atoms with Crippen molar-refractivity contribution in [1.29, 1.82) is 0 Å². The molecule has 23 heavy (non-hydrogen) atoms. The molecule has 2 saturated carbocycles. The van der Waals surface area contributed by atoms with E-state index in [-0.39, 0.29) is 23.9 Å². The van der Waals surface area contributed by atoms with Gasteiger partial charge in [-0.2, -0.15) is 0 Å². The molecule has 0 spiro atoms. The van der Waals surface area contributed by atoms with E-state index in [2.05, 4.69) is 22.8 Å². The van der Waals surface area contributed by atoms with Crippen LogP contribution in [0.1, 0.15) is 65.9 Å². The predicted molar refractivity (Wildman–Crippen MR) is 88.3 cm³/mol. The van der Waals surface area contributed by atoms with Crippen molar-refractivity contribution in [2.24, 2.45) is 5.92 Å². The van der Waals surface area contributed by atoms with E-state index in [4.69, 9.17) is 0 Å². The summed E-state index contributed by atoms with van der Waals surface area (Å²) >= 11 is 0. The lowest BCUT2D eigenvalue weighted by atomic mass is 9.93. The van der Waals surface area contributed by atoms with Gasteiger partial charge in [-0.15, -0.1) is 0 Å². The first kappa shape index (κ1) is 14.7. The van der Waals surface area contributed by atoms with Crippen LogP contribution in [0.25, 0.3) is 0 Å². The second-order valence-corrected chi connectivity index (χ2v) is 7.41. The monoisotopic (exact) mass is 312 g/mol. The number of aryl methyl sites for hydroxylation is 1. The molecule has 4 nitrogen and oxygen atoms in total. The predicted octanol–water partition coefficient (Wildman–Crippen LogP) is 2.66. The third-order valence-electron chi connectivity index (χ3n) is 5.36. The topological polar surface area (TPSA) is 58.2 Å². The minimum Gasteiger partial charge on any atom is -0.351 e. The van der Waals surface area contributed by atoms with E-state index in [1.54, 1.807) is 0 Å². The highest BCUT2D eigenvalue weighted by atomic mass is 16.2. The Bertz CT molecular complexity index is 647. The quantitative estimate of drug-likeness (QED) is 0.898. The van der Waals surface area contributed by atoms with Gasteiger partial charge in [-0.1, -0.05) is 17.7 Å². The van der Waals surface area contributed by atoms with E-state index in [0.717, 1.165) is 30.4 Å². The van der Waals surface area contributed by atoms with Gasteiger partial charge in [-0.25, -0.2) is 0 Å². The van der Waals surface area contributed by atoms with Gasteiger partial charge in [-0.05, 0) is 62.5 Å². The van der Waals surface area contributed by atoms with Crippen LogP contribution in [0.3, 0.4) is 0 Å². The molecule has 0 unspecified atom stereocenters. The average Bonchev–Trinajstić information content (AvgIpc) is 3.40. The zero-order chi connectivity index (χ0) is 16.0. The zero-order valence-electron chi connectivity index (χ0n) is 13.6. The molecule has 2 aliphatic carbocycles. The highest BCUT2D eigenvalue weighted by molar-refractivity contribution is 5.96. The molecule has 122 valence electrons. The fourth-order valence-electron chi connectivity index (χ4n) is 3.75. The number of rotatable bonds is 4. The molecule has 0 radical (unpaired) electrons. The number of nitrogens with one attached hydrogen (secondary N) is 2. The number of carbonyl (C=O) groups is 2. The summed E-state index contributed by atoms with van der Waals surface area (Å²) in [6.07, 6.45) is 5.96. The van der Waals surface area contributed by atoms with E-state index in [1.807, 2.05) is 13.0 Å². The van der Waals surface area contributed by atoms with E-state index < -0.39 is 0 Å². The first-order chi connectivity index (χ1) is 11.1. The Kier molecular flexibility index (Phi) is 3.63.